The van der Waals surface area contributed by atoms with Crippen LogP contribution in [0.25, 0.3) is 0 Å². The number of benzene rings is 2. The van der Waals surface area contributed by atoms with Crippen molar-refractivity contribution in [3.05, 3.63) is 88.7 Å². The molecule has 2 saturated heterocycles. The van der Waals surface area contributed by atoms with Gasteiger partial charge in [0.1, 0.15) is 14.8 Å². The zero-order valence-electron chi connectivity index (χ0n) is 21.1. The van der Waals surface area contributed by atoms with Crippen molar-refractivity contribution in [1.82, 2.24) is 14.8 Å². The summed E-state index contributed by atoms with van der Waals surface area (Å²) in [4.78, 5) is 38.8. The SMILES string of the molecule is COc1ccc(CN2C(=O)[C@@]3(SC2=S)[C@H](c2ccncc2)CN(C)[C@]32C(=O)N(C)c3ccc(Cl)cc32)cc1. The summed E-state index contributed by atoms with van der Waals surface area (Å²) in [6, 6.07) is 16.9. The highest BCUT2D eigenvalue weighted by Crippen LogP contribution is 2.66. The van der Waals surface area contributed by atoms with Crippen molar-refractivity contribution in [3.8, 4) is 5.75 Å². The first-order chi connectivity index (χ1) is 18.3. The molecule has 2 spiro atoms. The minimum Gasteiger partial charge on any atom is -0.497 e. The van der Waals surface area contributed by atoms with Gasteiger partial charge in [-0.1, -0.05) is 47.7 Å². The van der Waals surface area contributed by atoms with Crippen LogP contribution in [-0.4, -0.2) is 63.4 Å². The van der Waals surface area contributed by atoms with Gasteiger partial charge in [0, 0.05) is 48.2 Å². The van der Waals surface area contributed by atoms with E-state index in [-0.39, 0.29) is 17.7 Å². The third kappa shape index (κ3) is 3.25. The lowest BCUT2D eigenvalue weighted by Crippen LogP contribution is -2.62. The number of hydrogen-bond acceptors (Lipinski definition) is 7. The highest BCUT2D eigenvalue weighted by molar-refractivity contribution is 8.25. The van der Waals surface area contributed by atoms with Crippen LogP contribution in [0.2, 0.25) is 5.02 Å². The van der Waals surface area contributed by atoms with Gasteiger partial charge in [-0.2, -0.15) is 0 Å². The number of carbonyl (C=O) groups is 2. The van der Waals surface area contributed by atoms with E-state index in [0.29, 0.717) is 22.4 Å². The minimum absolute atomic E-state index is 0.163. The van der Waals surface area contributed by atoms with Gasteiger partial charge in [0.25, 0.3) is 5.91 Å². The number of rotatable bonds is 4. The first-order valence-corrected chi connectivity index (χ1v) is 13.7. The number of fused-ring (bicyclic) bond motifs is 3. The maximum absolute atomic E-state index is 14.9. The van der Waals surface area contributed by atoms with Gasteiger partial charge >= 0.3 is 0 Å². The van der Waals surface area contributed by atoms with Crippen molar-refractivity contribution in [2.45, 2.75) is 22.7 Å². The number of methoxy groups -OCH3 is 1. The lowest BCUT2D eigenvalue weighted by Gasteiger charge is -2.42. The minimum atomic E-state index is -1.30. The topological polar surface area (TPSA) is 66.0 Å². The van der Waals surface area contributed by atoms with Crippen LogP contribution in [0, 0.1) is 0 Å². The summed E-state index contributed by atoms with van der Waals surface area (Å²) in [5.41, 5.74) is 2.03. The van der Waals surface area contributed by atoms with E-state index < -0.39 is 10.3 Å². The predicted molar refractivity (Wildman–Crippen MR) is 153 cm³/mol. The Morgan fingerprint density at radius 1 is 1.08 bits per heavy atom. The van der Waals surface area contributed by atoms with E-state index in [2.05, 4.69) is 4.98 Å². The lowest BCUT2D eigenvalue weighted by atomic mass is 9.72. The Bertz CT molecular complexity index is 1470. The second-order valence-electron chi connectivity index (χ2n) is 9.79. The van der Waals surface area contributed by atoms with Crippen molar-refractivity contribution < 1.29 is 14.3 Å². The van der Waals surface area contributed by atoms with E-state index in [0.717, 1.165) is 28.1 Å². The third-order valence-electron chi connectivity index (χ3n) is 8.02. The van der Waals surface area contributed by atoms with Crippen LogP contribution >= 0.6 is 35.6 Å². The summed E-state index contributed by atoms with van der Waals surface area (Å²) in [7, 11) is 5.28. The molecule has 0 saturated carbocycles. The first-order valence-electron chi connectivity index (χ1n) is 12.1. The van der Waals surface area contributed by atoms with Crippen LogP contribution in [0.5, 0.6) is 5.75 Å². The Morgan fingerprint density at radius 3 is 2.47 bits per heavy atom. The molecule has 2 amide bonds. The molecule has 7 nitrogen and oxygen atoms in total. The molecule has 194 valence electrons. The molecule has 3 aliphatic heterocycles. The van der Waals surface area contributed by atoms with Crippen LogP contribution in [0.1, 0.15) is 22.6 Å². The van der Waals surface area contributed by atoms with E-state index in [1.54, 1.807) is 42.4 Å². The van der Waals surface area contributed by atoms with E-state index in [9.17, 15) is 9.59 Å². The van der Waals surface area contributed by atoms with Crippen molar-refractivity contribution in [2.24, 2.45) is 0 Å². The number of ether oxygens (including phenoxy) is 1. The molecule has 6 rings (SSSR count). The maximum Gasteiger partial charge on any atom is 0.254 e. The van der Waals surface area contributed by atoms with Crippen molar-refractivity contribution >= 4 is 57.4 Å². The van der Waals surface area contributed by atoms with Crippen LogP contribution in [0.4, 0.5) is 5.69 Å². The molecule has 0 aliphatic carbocycles. The van der Waals surface area contributed by atoms with E-state index in [1.807, 2.05) is 60.5 Å². The molecule has 3 atom stereocenters. The average molecular weight is 565 g/mol. The van der Waals surface area contributed by atoms with Crippen LogP contribution in [0.3, 0.4) is 0 Å². The molecule has 3 aromatic rings. The fourth-order valence-corrected chi connectivity index (χ4v) is 8.61. The molecule has 0 bridgehead atoms. The molecule has 0 radical (unpaired) electrons. The summed E-state index contributed by atoms with van der Waals surface area (Å²) in [6.45, 7) is 0.777. The largest absolute Gasteiger partial charge is 0.497 e. The maximum atomic E-state index is 14.9. The van der Waals surface area contributed by atoms with Crippen LogP contribution in [-0.2, 0) is 21.7 Å². The Balaban J connectivity index is 1.56. The summed E-state index contributed by atoms with van der Waals surface area (Å²) in [5.74, 6) is 0.0686. The molecule has 1 aromatic heterocycles. The molecular weight excluding hydrogens is 540 g/mol. The average Bonchev–Trinajstić information content (AvgIpc) is 3.43. The molecule has 3 aliphatic rings. The van der Waals surface area contributed by atoms with E-state index in [4.69, 9.17) is 28.6 Å². The second kappa shape index (κ2) is 9.05. The van der Waals surface area contributed by atoms with Crippen LogP contribution in [0.15, 0.2) is 67.0 Å². The zero-order valence-corrected chi connectivity index (χ0v) is 23.4. The summed E-state index contributed by atoms with van der Waals surface area (Å²) in [5, 5.41) is 0.509. The Kier molecular flexibility index (Phi) is 6.03. The zero-order chi connectivity index (χ0) is 26.8. The molecule has 0 unspecified atom stereocenters. The number of likely N-dealkylation sites (tertiary alicyclic amines) is 1. The summed E-state index contributed by atoms with van der Waals surface area (Å²) in [6.07, 6.45) is 3.44. The fraction of sp³-hybridized carbons (Fsp3) is 0.286. The van der Waals surface area contributed by atoms with Gasteiger partial charge in [-0.3, -0.25) is 24.4 Å². The highest BCUT2D eigenvalue weighted by Gasteiger charge is 2.78. The molecule has 4 heterocycles. The number of aromatic nitrogens is 1. The highest BCUT2D eigenvalue weighted by atomic mass is 35.5. The number of halogens is 1. The van der Waals surface area contributed by atoms with Gasteiger partial charge in [-0.15, -0.1) is 0 Å². The number of nitrogens with zero attached hydrogens (tertiary/aromatic N) is 4. The standard InChI is InChI=1S/C28H25ClN4O3S2/c1-31-16-22(18-10-12-30-13-11-18)28(27(31)21-14-19(29)6-9-23(21)32(2)24(27)34)25(35)33(26(37)38-28)15-17-4-7-20(36-3)8-5-17/h4-14,22H,15-16H2,1-3H3/t22-,27+,28-/m0/s1. The van der Waals surface area contributed by atoms with Gasteiger partial charge in [0.15, 0.2) is 5.54 Å². The number of anilines is 1. The number of likely N-dealkylation sites (N-methyl/N-ethyl adjacent to an activating group) is 2. The molecule has 38 heavy (non-hydrogen) atoms. The van der Waals surface area contributed by atoms with Gasteiger partial charge in [-0.25, -0.2) is 0 Å². The smallest absolute Gasteiger partial charge is 0.254 e. The van der Waals surface area contributed by atoms with Crippen molar-refractivity contribution in [3.63, 3.8) is 0 Å². The van der Waals surface area contributed by atoms with Gasteiger partial charge in [-0.05, 0) is 60.6 Å². The van der Waals surface area contributed by atoms with Gasteiger partial charge < -0.3 is 9.64 Å². The molecule has 2 fully saturated rings. The number of amides is 2. The van der Waals surface area contributed by atoms with E-state index in [1.165, 1.54) is 11.8 Å². The molecule has 0 N–H and O–H groups in total. The van der Waals surface area contributed by atoms with Crippen LogP contribution < -0.4 is 9.64 Å². The Labute approximate surface area is 235 Å². The van der Waals surface area contributed by atoms with Crippen molar-refractivity contribution in [1.29, 1.82) is 0 Å². The third-order valence-corrected chi connectivity index (χ3v) is 10.2. The molecule has 2 aromatic carbocycles. The second-order valence-corrected chi connectivity index (χ2v) is 12.1. The number of thiocarbonyl (C=S) groups is 1. The van der Waals surface area contributed by atoms with Crippen molar-refractivity contribution in [2.75, 3.05) is 32.6 Å². The first kappa shape index (κ1) is 25.3. The number of thioether (sulfide) groups is 1. The normalized spacial score (nSPS) is 26.7. The monoisotopic (exact) mass is 564 g/mol. The Morgan fingerprint density at radius 2 is 1.79 bits per heavy atom. The molecular formula is C28H25ClN4O3S2. The quantitative estimate of drug-likeness (QED) is 0.434. The predicted octanol–water partition coefficient (Wildman–Crippen LogP) is 4.44. The summed E-state index contributed by atoms with van der Waals surface area (Å²) < 4.78 is 4.49. The number of hydrogen-bond donors (Lipinski definition) is 0. The Hall–Kier alpha value is -2.98. The number of carbonyl (C=O) groups excluding carboxylic acids is 2. The number of pyridine rings is 1. The van der Waals surface area contributed by atoms with Gasteiger partial charge in [0.2, 0.25) is 5.91 Å². The van der Waals surface area contributed by atoms with E-state index >= 15 is 0 Å². The molecule has 10 heteroatoms. The van der Waals surface area contributed by atoms with Gasteiger partial charge in [0.05, 0.1) is 13.7 Å². The fourth-order valence-electron chi connectivity index (χ4n) is 6.32. The summed E-state index contributed by atoms with van der Waals surface area (Å²) >= 11 is 13.7. The lowest BCUT2D eigenvalue weighted by molar-refractivity contribution is -0.139.